The van der Waals surface area contributed by atoms with Gasteiger partial charge in [-0.05, 0) is 96.7 Å². The summed E-state index contributed by atoms with van der Waals surface area (Å²) >= 11 is 0. The number of nitrogens with zero attached hydrogens (tertiary/aromatic N) is 1. The summed E-state index contributed by atoms with van der Waals surface area (Å²) < 4.78 is 11.4. The molecule has 2 aliphatic carbocycles. The van der Waals surface area contributed by atoms with Gasteiger partial charge in [0.15, 0.2) is 0 Å². The number of carbonyl (C=O) groups is 1. The molecule has 2 aromatic carbocycles. The molecule has 3 aliphatic rings. The molecule has 0 N–H and O–H groups in total. The molecule has 1 heterocycles. The second-order valence-corrected chi connectivity index (χ2v) is 11.8. The lowest BCUT2D eigenvalue weighted by Gasteiger charge is -2.45. The summed E-state index contributed by atoms with van der Waals surface area (Å²) in [6, 6.07) is 13.5. The molecular formula is C31H43NO3. The maximum atomic E-state index is 12.0. The van der Waals surface area contributed by atoms with Crippen molar-refractivity contribution in [1.29, 1.82) is 0 Å². The average molecular weight is 478 g/mol. The first-order valence-corrected chi connectivity index (χ1v) is 14.0. The normalized spacial score (nSPS) is 28.1. The highest BCUT2D eigenvalue weighted by Crippen LogP contribution is 2.39. The summed E-state index contributed by atoms with van der Waals surface area (Å²) in [7, 11) is 1.52. The van der Waals surface area contributed by atoms with Crippen LogP contribution < -0.4 is 4.74 Å². The van der Waals surface area contributed by atoms with Crippen LogP contribution in [0.5, 0.6) is 5.75 Å². The van der Waals surface area contributed by atoms with Crippen molar-refractivity contribution in [3.63, 3.8) is 0 Å². The van der Waals surface area contributed by atoms with Crippen molar-refractivity contribution in [3.8, 4) is 5.75 Å². The number of hydrogen-bond acceptors (Lipinski definition) is 4. The van der Waals surface area contributed by atoms with E-state index in [1.807, 2.05) is 0 Å². The van der Waals surface area contributed by atoms with Gasteiger partial charge in [0.05, 0.1) is 19.1 Å². The van der Waals surface area contributed by atoms with Gasteiger partial charge in [-0.15, -0.1) is 0 Å². The van der Waals surface area contributed by atoms with E-state index >= 15 is 0 Å². The van der Waals surface area contributed by atoms with Crippen LogP contribution in [0.1, 0.15) is 70.8 Å². The minimum Gasteiger partial charge on any atom is -0.490 e. The first-order valence-electron chi connectivity index (χ1n) is 14.0. The van der Waals surface area contributed by atoms with Crippen LogP contribution in [0.15, 0.2) is 36.4 Å². The molecule has 0 radical (unpaired) electrons. The predicted octanol–water partition coefficient (Wildman–Crippen LogP) is 6.84. The molecular weight excluding hydrogens is 434 g/mol. The lowest BCUT2D eigenvalue weighted by molar-refractivity contribution is -0.147. The number of rotatable bonds is 7. The van der Waals surface area contributed by atoms with Gasteiger partial charge in [-0.3, -0.25) is 9.69 Å². The van der Waals surface area contributed by atoms with E-state index < -0.39 is 0 Å². The van der Waals surface area contributed by atoms with Gasteiger partial charge in [0.1, 0.15) is 5.75 Å². The zero-order valence-electron chi connectivity index (χ0n) is 21.9. The van der Waals surface area contributed by atoms with Gasteiger partial charge >= 0.3 is 5.97 Å². The van der Waals surface area contributed by atoms with Gasteiger partial charge < -0.3 is 9.47 Å². The van der Waals surface area contributed by atoms with Crippen LogP contribution in [-0.4, -0.2) is 37.2 Å². The molecule has 190 valence electrons. The molecule has 2 aromatic rings. The minimum atomic E-state index is -0.00546. The molecule has 2 unspecified atom stereocenters. The van der Waals surface area contributed by atoms with E-state index in [1.165, 1.54) is 55.5 Å². The number of fused-ring (bicyclic) bond motifs is 1. The number of carbonyl (C=O) groups excluding carboxylic acids is 1. The van der Waals surface area contributed by atoms with E-state index in [4.69, 9.17) is 9.47 Å². The van der Waals surface area contributed by atoms with E-state index in [0.29, 0.717) is 12.0 Å². The summed E-state index contributed by atoms with van der Waals surface area (Å²) in [5.74, 6) is 4.20. The van der Waals surface area contributed by atoms with Crippen LogP contribution in [0, 0.1) is 29.6 Å². The third-order valence-corrected chi connectivity index (χ3v) is 9.15. The maximum absolute atomic E-state index is 12.0. The van der Waals surface area contributed by atoms with E-state index in [9.17, 15) is 4.79 Å². The summed E-state index contributed by atoms with van der Waals surface area (Å²) in [6.07, 6.45) is 9.78. The zero-order valence-corrected chi connectivity index (χ0v) is 21.9. The summed E-state index contributed by atoms with van der Waals surface area (Å²) in [4.78, 5) is 14.5. The van der Waals surface area contributed by atoms with Gasteiger partial charge in [-0.25, -0.2) is 0 Å². The Balaban J connectivity index is 1.12. The average Bonchev–Trinajstić information content (AvgIpc) is 2.86. The smallest absolute Gasteiger partial charge is 0.308 e. The molecule has 2 atom stereocenters. The van der Waals surface area contributed by atoms with Crippen molar-refractivity contribution < 1.29 is 14.3 Å². The molecule has 0 amide bonds. The Kier molecular flexibility index (Phi) is 7.67. The molecule has 0 spiro atoms. The van der Waals surface area contributed by atoms with Gasteiger partial charge in [-0.1, -0.05) is 44.9 Å². The number of methoxy groups -OCH3 is 1. The van der Waals surface area contributed by atoms with Crippen LogP contribution in [0.4, 0.5) is 0 Å². The minimum absolute atomic E-state index is 0.00546. The van der Waals surface area contributed by atoms with Gasteiger partial charge in [0.2, 0.25) is 0 Å². The van der Waals surface area contributed by atoms with Crippen molar-refractivity contribution in [2.75, 3.05) is 20.2 Å². The second kappa shape index (κ2) is 10.9. The van der Waals surface area contributed by atoms with Crippen LogP contribution >= 0.6 is 0 Å². The van der Waals surface area contributed by atoms with Crippen LogP contribution in [0.2, 0.25) is 0 Å². The Morgan fingerprint density at radius 2 is 1.69 bits per heavy atom. The van der Waals surface area contributed by atoms with E-state index in [-0.39, 0.29) is 11.9 Å². The molecule has 0 bridgehead atoms. The topological polar surface area (TPSA) is 38.8 Å². The SMILES string of the molecule is COC(=O)C1CCCC(C2CN(Cc3ccc4cc(OC5CCC(C(C)C)CC5)ccc4c3)C2)C1. The Morgan fingerprint density at radius 1 is 0.943 bits per heavy atom. The number of benzene rings is 2. The van der Waals surface area contributed by atoms with Crippen molar-refractivity contribution >= 4 is 16.7 Å². The maximum Gasteiger partial charge on any atom is 0.308 e. The van der Waals surface area contributed by atoms with Crippen LogP contribution in [-0.2, 0) is 16.1 Å². The fourth-order valence-corrected chi connectivity index (χ4v) is 6.84. The highest BCUT2D eigenvalue weighted by Gasteiger charge is 2.38. The van der Waals surface area contributed by atoms with Crippen molar-refractivity contribution in [2.24, 2.45) is 29.6 Å². The lowest BCUT2D eigenvalue weighted by atomic mass is 9.72. The highest BCUT2D eigenvalue weighted by molar-refractivity contribution is 5.84. The lowest BCUT2D eigenvalue weighted by Crippen LogP contribution is -2.50. The first-order chi connectivity index (χ1) is 17.0. The van der Waals surface area contributed by atoms with Crippen LogP contribution in [0.25, 0.3) is 10.8 Å². The van der Waals surface area contributed by atoms with Crippen molar-refractivity contribution in [1.82, 2.24) is 4.90 Å². The van der Waals surface area contributed by atoms with Gasteiger partial charge in [0, 0.05) is 19.6 Å². The fourth-order valence-electron chi connectivity index (χ4n) is 6.84. The summed E-state index contributed by atoms with van der Waals surface area (Å²) in [5.41, 5.74) is 1.38. The van der Waals surface area contributed by atoms with Crippen LogP contribution in [0.3, 0.4) is 0 Å². The molecule has 35 heavy (non-hydrogen) atoms. The number of hydrogen-bond donors (Lipinski definition) is 0. The summed E-state index contributed by atoms with van der Waals surface area (Å²) in [5, 5.41) is 2.56. The molecule has 0 aromatic heterocycles. The number of likely N-dealkylation sites (tertiary alicyclic amines) is 1. The molecule has 1 aliphatic heterocycles. The fraction of sp³-hybridized carbons (Fsp3) is 0.645. The standard InChI is InChI=1S/C31H43NO3/c1-21(2)23-9-12-29(13-10-23)35-30-14-11-25-15-22(7-8-26(25)17-30)18-32-19-28(20-32)24-5-4-6-27(16-24)31(33)34-3/h7-8,11,14-15,17,21,23-24,27-29H,4-6,9-10,12-13,16,18-20H2,1-3H3. The van der Waals surface area contributed by atoms with E-state index in [2.05, 4.69) is 55.1 Å². The molecule has 4 heteroatoms. The Bertz CT molecular complexity index is 1000. The summed E-state index contributed by atoms with van der Waals surface area (Å²) in [6.45, 7) is 8.02. The van der Waals surface area contributed by atoms with E-state index in [1.54, 1.807) is 0 Å². The van der Waals surface area contributed by atoms with Crippen molar-refractivity contribution in [2.45, 2.75) is 77.9 Å². The highest BCUT2D eigenvalue weighted by atomic mass is 16.5. The van der Waals surface area contributed by atoms with E-state index in [0.717, 1.165) is 62.4 Å². The number of ether oxygens (including phenoxy) is 2. The molecule has 1 saturated heterocycles. The van der Waals surface area contributed by atoms with Crippen molar-refractivity contribution in [3.05, 3.63) is 42.0 Å². The molecule has 4 nitrogen and oxygen atoms in total. The molecule has 3 fully saturated rings. The third kappa shape index (κ3) is 5.85. The Morgan fingerprint density at radius 3 is 2.43 bits per heavy atom. The molecule has 2 saturated carbocycles. The van der Waals surface area contributed by atoms with Gasteiger partial charge in [-0.2, -0.15) is 0 Å². The molecule has 5 rings (SSSR count). The third-order valence-electron chi connectivity index (χ3n) is 9.15. The Hall–Kier alpha value is -2.07. The largest absolute Gasteiger partial charge is 0.490 e. The zero-order chi connectivity index (χ0) is 24.4. The second-order valence-electron chi connectivity index (χ2n) is 11.8. The Labute approximate surface area is 211 Å². The quantitative estimate of drug-likeness (QED) is 0.409. The van der Waals surface area contributed by atoms with Gasteiger partial charge in [0.25, 0.3) is 0 Å². The first kappa shape index (κ1) is 24.6. The monoisotopic (exact) mass is 477 g/mol. The predicted molar refractivity (Wildman–Crippen MR) is 141 cm³/mol. The number of esters is 1.